The van der Waals surface area contributed by atoms with Gasteiger partial charge in [-0.05, 0) is 54.8 Å². The average Bonchev–Trinajstić information content (AvgIpc) is 3.23. The van der Waals surface area contributed by atoms with E-state index in [4.69, 9.17) is 14.2 Å². The van der Waals surface area contributed by atoms with E-state index < -0.39 is 11.9 Å². The third-order valence-electron chi connectivity index (χ3n) is 5.76. The number of aliphatic hydroxyl groups is 1. The number of hydrogen-bond donors (Lipinski definition) is 1. The molecule has 200 valence electrons. The standard InChI is InChI=1S/C30H26BrNO6S/c1-4-37-30(35)26-27(33)25(39-29(26)32-28(34)21-13-9-8-10-18(21)2)15-20-14-23(36-3)24(16-22(20)31)38-17-19-11-6-5-7-12-19/h5-16,33H,4,17H2,1-3H3/b25-15-,32-29?. The van der Waals surface area contributed by atoms with Gasteiger partial charge >= 0.3 is 5.97 Å². The molecule has 0 aliphatic carbocycles. The van der Waals surface area contributed by atoms with Crippen LogP contribution in [0.5, 0.6) is 11.5 Å². The van der Waals surface area contributed by atoms with E-state index >= 15 is 0 Å². The molecular weight excluding hydrogens is 582 g/mol. The summed E-state index contributed by atoms with van der Waals surface area (Å²) in [6.45, 7) is 3.93. The Balaban J connectivity index is 1.68. The van der Waals surface area contributed by atoms with Crippen LogP contribution in [0.15, 0.2) is 92.4 Å². The molecule has 1 amide bonds. The number of amides is 1. The van der Waals surface area contributed by atoms with Crippen LogP contribution in [0.1, 0.15) is 34.0 Å². The highest BCUT2D eigenvalue weighted by Crippen LogP contribution is 2.42. The van der Waals surface area contributed by atoms with Gasteiger partial charge in [-0.2, -0.15) is 0 Å². The number of nitrogens with zero attached hydrogens (tertiary/aromatic N) is 1. The Hall–Kier alpha value is -3.82. The highest BCUT2D eigenvalue weighted by molar-refractivity contribution is 9.10. The third-order valence-corrected chi connectivity index (χ3v) is 7.46. The van der Waals surface area contributed by atoms with Crippen molar-refractivity contribution in [3.63, 3.8) is 0 Å². The lowest BCUT2D eigenvalue weighted by Gasteiger charge is -2.13. The number of benzene rings is 3. The Morgan fingerprint density at radius 1 is 1.05 bits per heavy atom. The summed E-state index contributed by atoms with van der Waals surface area (Å²) in [5.74, 6) is -0.572. The number of rotatable bonds is 8. The summed E-state index contributed by atoms with van der Waals surface area (Å²) in [5, 5.41) is 11.1. The summed E-state index contributed by atoms with van der Waals surface area (Å²) in [6.07, 6.45) is 1.67. The molecule has 0 fully saturated rings. The lowest BCUT2D eigenvalue weighted by atomic mass is 10.1. The Labute approximate surface area is 239 Å². The van der Waals surface area contributed by atoms with Crippen LogP contribution in [0.2, 0.25) is 0 Å². The summed E-state index contributed by atoms with van der Waals surface area (Å²) >= 11 is 4.57. The molecule has 4 rings (SSSR count). The molecule has 0 saturated carbocycles. The van der Waals surface area contributed by atoms with Gasteiger partial charge in [-0.3, -0.25) is 4.79 Å². The number of ether oxygens (including phenoxy) is 3. The number of carbonyl (C=O) groups excluding carboxylic acids is 2. The molecule has 0 unspecified atom stereocenters. The number of halogens is 1. The fourth-order valence-corrected chi connectivity index (χ4v) is 5.21. The van der Waals surface area contributed by atoms with Crippen LogP contribution in [-0.2, 0) is 16.1 Å². The zero-order valence-corrected chi connectivity index (χ0v) is 24.0. The van der Waals surface area contributed by atoms with Crippen molar-refractivity contribution in [1.82, 2.24) is 0 Å². The van der Waals surface area contributed by atoms with Crippen molar-refractivity contribution >= 4 is 50.7 Å². The SMILES string of the molecule is CCOC(=O)C1=C(O)/C(=C/c2cc(OC)c(OCc3ccccc3)cc2Br)SC1=NC(=O)c1ccccc1C. The van der Waals surface area contributed by atoms with Crippen molar-refractivity contribution in [2.75, 3.05) is 13.7 Å². The Morgan fingerprint density at radius 3 is 2.46 bits per heavy atom. The van der Waals surface area contributed by atoms with Crippen molar-refractivity contribution in [1.29, 1.82) is 0 Å². The molecule has 0 radical (unpaired) electrons. The van der Waals surface area contributed by atoms with Crippen molar-refractivity contribution in [2.24, 2.45) is 4.99 Å². The summed E-state index contributed by atoms with van der Waals surface area (Å²) in [5.41, 5.74) is 2.67. The Bertz CT molecular complexity index is 1500. The molecule has 1 aliphatic rings. The maximum absolute atomic E-state index is 12.9. The second kappa shape index (κ2) is 12.8. The topological polar surface area (TPSA) is 94.4 Å². The molecule has 0 bridgehead atoms. The summed E-state index contributed by atoms with van der Waals surface area (Å²) in [4.78, 5) is 30.2. The predicted molar refractivity (Wildman–Crippen MR) is 156 cm³/mol. The zero-order valence-electron chi connectivity index (χ0n) is 21.6. The number of aryl methyl sites for hydroxylation is 1. The minimum absolute atomic E-state index is 0.0661. The monoisotopic (exact) mass is 607 g/mol. The number of hydrogen-bond acceptors (Lipinski definition) is 7. The highest BCUT2D eigenvalue weighted by Gasteiger charge is 2.34. The van der Waals surface area contributed by atoms with E-state index in [2.05, 4.69) is 20.9 Å². The molecule has 9 heteroatoms. The van der Waals surface area contributed by atoms with Crippen LogP contribution in [0.3, 0.4) is 0 Å². The van der Waals surface area contributed by atoms with Crippen molar-refractivity contribution < 1.29 is 28.9 Å². The second-order valence-corrected chi connectivity index (χ2v) is 10.3. The van der Waals surface area contributed by atoms with Gasteiger partial charge in [0.2, 0.25) is 0 Å². The molecule has 3 aromatic carbocycles. The maximum Gasteiger partial charge on any atom is 0.344 e. The van der Waals surface area contributed by atoms with Crippen LogP contribution in [0.4, 0.5) is 0 Å². The summed E-state index contributed by atoms with van der Waals surface area (Å²) in [6, 6.07) is 20.3. The first-order chi connectivity index (χ1) is 18.8. The molecule has 0 saturated heterocycles. The molecular formula is C30H26BrNO6S. The summed E-state index contributed by atoms with van der Waals surface area (Å²) < 4.78 is 17.3. The third kappa shape index (κ3) is 6.61. The van der Waals surface area contributed by atoms with Gasteiger partial charge < -0.3 is 19.3 Å². The van der Waals surface area contributed by atoms with Gasteiger partial charge in [0, 0.05) is 10.0 Å². The van der Waals surface area contributed by atoms with Crippen LogP contribution in [0.25, 0.3) is 6.08 Å². The minimum Gasteiger partial charge on any atom is -0.506 e. The van der Waals surface area contributed by atoms with Gasteiger partial charge in [-0.15, -0.1) is 0 Å². The number of esters is 1. The normalized spacial score (nSPS) is 15.1. The molecule has 0 atom stereocenters. The summed E-state index contributed by atoms with van der Waals surface area (Å²) in [7, 11) is 1.54. The fourth-order valence-electron chi connectivity index (χ4n) is 3.77. The number of thioether (sulfide) groups is 1. The fraction of sp³-hybridized carbons (Fsp3) is 0.167. The van der Waals surface area contributed by atoms with E-state index in [1.807, 2.05) is 36.4 Å². The quantitative estimate of drug-likeness (QED) is 0.274. The van der Waals surface area contributed by atoms with Crippen molar-refractivity contribution in [3.05, 3.63) is 110 Å². The first-order valence-corrected chi connectivity index (χ1v) is 13.7. The number of aliphatic hydroxyl groups excluding tert-OH is 1. The van der Waals surface area contributed by atoms with Gasteiger partial charge in [0.15, 0.2) is 11.5 Å². The maximum atomic E-state index is 12.9. The van der Waals surface area contributed by atoms with Gasteiger partial charge in [-0.25, -0.2) is 9.79 Å². The first-order valence-electron chi connectivity index (χ1n) is 12.1. The smallest absolute Gasteiger partial charge is 0.344 e. The van der Waals surface area contributed by atoms with Crippen molar-refractivity contribution in [3.8, 4) is 11.5 Å². The number of aliphatic imine (C=N–C) groups is 1. The predicted octanol–water partition coefficient (Wildman–Crippen LogP) is 7.05. The van der Waals surface area contributed by atoms with E-state index in [1.165, 1.54) is 7.11 Å². The second-order valence-electron chi connectivity index (χ2n) is 8.39. The zero-order chi connectivity index (χ0) is 27.9. The van der Waals surface area contributed by atoms with Crippen LogP contribution < -0.4 is 9.47 Å². The minimum atomic E-state index is -0.761. The van der Waals surface area contributed by atoms with E-state index in [0.29, 0.717) is 38.6 Å². The first kappa shape index (κ1) is 28.2. The van der Waals surface area contributed by atoms with Gasteiger partial charge in [-0.1, -0.05) is 76.2 Å². The number of carbonyl (C=O) groups is 2. The molecule has 1 aliphatic heterocycles. The van der Waals surface area contributed by atoms with E-state index in [9.17, 15) is 14.7 Å². The van der Waals surface area contributed by atoms with Gasteiger partial charge in [0.25, 0.3) is 5.91 Å². The van der Waals surface area contributed by atoms with E-state index in [-0.39, 0.29) is 23.0 Å². The highest BCUT2D eigenvalue weighted by atomic mass is 79.9. The van der Waals surface area contributed by atoms with Gasteiger partial charge in [0.05, 0.1) is 18.6 Å². The van der Waals surface area contributed by atoms with Crippen LogP contribution in [-0.4, -0.2) is 35.7 Å². The molecule has 3 aromatic rings. The molecule has 1 heterocycles. The molecule has 0 aromatic heterocycles. The largest absolute Gasteiger partial charge is 0.506 e. The van der Waals surface area contributed by atoms with Crippen LogP contribution in [0, 0.1) is 6.92 Å². The lowest BCUT2D eigenvalue weighted by molar-refractivity contribution is -0.138. The van der Waals surface area contributed by atoms with E-state index in [0.717, 1.165) is 22.9 Å². The average molecular weight is 609 g/mol. The Kier molecular flexibility index (Phi) is 9.27. The molecule has 39 heavy (non-hydrogen) atoms. The molecule has 1 N–H and O–H groups in total. The molecule has 0 spiro atoms. The van der Waals surface area contributed by atoms with Gasteiger partial charge in [0.1, 0.15) is 23.0 Å². The Morgan fingerprint density at radius 2 is 1.77 bits per heavy atom. The molecule has 7 nitrogen and oxygen atoms in total. The lowest BCUT2D eigenvalue weighted by Crippen LogP contribution is -2.14. The van der Waals surface area contributed by atoms with Crippen molar-refractivity contribution in [2.45, 2.75) is 20.5 Å². The number of methoxy groups -OCH3 is 1. The van der Waals surface area contributed by atoms with Crippen LogP contribution >= 0.6 is 27.7 Å². The van der Waals surface area contributed by atoms with E-state index in [1.54, 1.807) is 50.3 Å².